The highest BCUT2D eigenvalue weighted by Gasteiger charge is 2.72. The van der Waals surface area contributed by atoms with Gasteiger partial charge in [-0.1, -0.05) is 25.4 Å². The number of piperidine rings is 1. The molecule has 1 N–H and O–H groups in total. The number of likely N-dealkylation sites (tertiary alicyclic amines) is 1. The number of halogens is 1. The molecule has 6 rings (SSSR count). The van der Waals surface area contributed by atoms with Gasteiger partial charge in [-0.3, -0.25) is 14.5 Å². The Morgan fingerprint density at radius 1 is 1.20 bits per heavy atom. The highest BCUT2D eigenvalue weighted by molar-refractivity contribution is 7.19. The smallest absolute Gasteiger partial charge is 0.234 e. The summed E-state index contributed by atoms with van der Waals surface area (Å²) in [5.41, 5.74) is 4.64. The van der Waals surface area contributed by atoms with E-state index in [1.807, 2.05) is 32.0 Å². The van der Waals surface area contributed by atoms with Crippen LogP contribution in [0.2, 0.25) is 5.02 Å². The second-order valence-electron chi connectivity index (χ2n) is 10.3. The molecular formula is C26H27ClN4O3S. The largest absolute Gasteiger partial charge is 0.375 e. The van der Waals surface area contributed by atoms with E-state index in [1.165, 1.54) is 16.2 Å². The van der Waals surface area contributed by atoms with Gasteiger partial charge in [0.1, 0.15) is 6.33 Å². The molecule has 1 aromatic carbocycles. The maximum atomic E-state index is 12.8. The number of nitrogens with one attached hydrogen (secondary N) is 1. The van der Waals surface area contributed by atoms with Crippen LogP contribution in [0.1, 0.15) is 29.9 Å². The van der Waals surface area contributed by atoms with Gasteiger partial charge < -0.3 is 10.1 Å². The van der Waals surface area contributed by atoms with Crippen LogP contribution in [0.25, 0.3) is 21.5 Å². The van der Waals surface area contributed by atoms with Crippen molar-refractivity contribution in [3.8, 4) is 11.3 Å². The summed E-state index contributed by atoms with van der Waals surface area (Å²) in [5.74, 6) is -0.452. The van der Waals surface area contributed by atoms with Crippen molar-refractivity contribution in [3.63, 3.8) is 0 Å². The fourth-order valence-electron chi connectivity index (χ4n) is 5.72. The third-order valence-electron chi connectivity index (χ3n) is 7.70. The van der Waals surface area contributed by atoms with E-state index >= 15 is 0 Å². The molecule has 3 aromatic rings. The summed E-state index contributed by atoms with van der Waals surface area (Å²) in [7, 11) is 0. The average molecular weight is 511 g/mol. The molecule has 3 aliphatic rings. The van der Waals surface area contributed by atoms with Crippen LogP contribution in [0.5, 0.6) is 0 Å². The van der Waals surface area contributed by atoms with Gasteiger partial charge in [-0.05, 0) is 41.7 Å². The first-order valence-corrected chi connectivity index (χ1v) is 13.2. The summed E-state index contributed by atoms with van der Waals surface area (Å²) in [5, 5.41) is 4.05. The summed E-state index contributed by atoms with van der Waals surface area (Å²) >= 11 is 8.03. The number of imide groups is 1. The van der Waals surface area contributed by atoms with Crippen LogP contribution in [0.3, 0.4) is 0 Å². The molecule has 2 amide bonds. The van der Waals surface area contributed by atoms with E-state index in [9.17, 15) is 9.59 Å². The molecule has 0 spiro atoms. The lowest BCUT2D eigenvalue weighted by Gasteiger charge is -2.25. The van der Waals surface area contributed by atoms with Gasteiger partial charge in [0, 0.05) is 35.0 Å². The van der Waals surface area contributed by atoms with Crippen LogP contribution in [-0.2, 0) is 27.3 Å². The zero-order valence-electron chi connectivity index (χ0n) is 19.9. The third kappa shape index (κ3) is 3.78. The fraction of sp³-hybridized carbons (Fsp3) is 0.462. The Morgan fingerprint density at radius 2 is 1.97 bits per heavy atom. The van der Waals surface area contributed by atoms with E-state index in [4.69, 9.17) is 16.3 Å². The number of nitrogens with zero attached hydrogens (tertiary/aromatic N) is 3. The first-order valence-electron chi connectivity index (χ1n) is 12.0. The number of carbonyl (C=O) groups excluding carboxylic acids is 2. The van der Waals surface area contributed by atoms with Crippen molar-refractivity contribution < 1.29 is 14.3 Å². The number of hydrogen-bond acceptors (Lipinski definition) is 7. The zero-order valence-corrected chi connectivity index (χ0v) is 21.5. The van der Waals surface area contributed by atoms with Gasteiger partial charge in [-0.15, -0.1) is 11.3 Å². The van der Waals surface area contributed by atoms with Gasteiger partial charge in [-0.25, -0.2) is 9.97 Å². The van der Waals surface area contributed by atoms with Crippen molar-refractivity contribution in [1.29, 1.82) is 0 Å². The number of benzene rings is 1. The molecule has 35 heavy (non-hydrogen) atoms. The van der Waals surface area contributed by atoms with Crippen LogP contribution in [-0.4, -0.2) is 52.5 Å². The Morgan fingerprint density at radius 3 is 2.69 bits per heavy atom. The summed E-state index contributed by atoms with van der Waals surface area (Å²) in [6.07, 6.45) is 2.41. The molecule has 182 valence electrons. The van der Waals surface area contributed by atoms with Crippen LogP contribution >= 0.6 is 22.9 Å². The molecule has 3 fully saturated rings. The number of aromatic nitrogens is 2. The Hall–Kier alpha value is -2.39. The van der Waals surface area contributed by atoms with Crippen LogP contribution in [0.4, 0.5) is 0 Å². The molecule has 3 atom stereocenters. The fourth-order valence-corrected chi connectivity index (χ4v) is 7.10. The van der Waals surface area contributed by atoms with Gasteiger partial charge in [0.15, 0.2) is 0 Å². The number of hydrogen-bond donors (Lipinski definition) is 1. The summed E-state index contributed by atoms with van der Waals surface area (Å²) in [6, 6.07) is 5.91. The molecule has 4 heterocycles. The molecule has 1 saturated carbocycles. The number of ether oxygens (including phenoxy) is 1. The number of aryl methyl sites for hydroxylation is 1. The van der Waals surface area contributed by atoms with Crippen LogP contribution in [0, 0.1) is 24.2 Å². The van der Waals surface area contributed by atoms with Gasteiger partial charge >= 0.3 is 0 Å². The second kappa shape index (κ2) is 8.34. The highest BCUT2D eigenvalue weighted by atomic mass is 35.5. The van der Waals surface area contributed by atoms with E-state index in [1.54, 1.807) is 6.33 Å². The molecule has 0 bridgehead atoms. The first-order chi connectivity index (χ1) is 16.8. The van der Waals surface area contributed by atoms with E-state index < -0.39 is 0 Å². The standard InChI is InChI=1S/C26H27ClN4O3S/c1-13-6-14(27)7-18(17(13)8-15-10-28-4-5-34-15)22-23-19(29-12-30-22)9-16(35-23)11-31-24(32)20-21(25(31)33)26(20,2)3/h6-7,9,12,15,20-21,28H,4-5,8,10-11H2,1-3H3. The lowest BCUT2D eigenvalue weighted by molar-refractivity contribution is -0.143. The van der Waals surface area contributed by atoms with Crippen LogP contribution in [0.15, 0.2) is 24.5 Å². The Labute approximate surface area is 212 Å². The molecule has 9 heteroatoms. The first kappa shape index (κ1) is 23.0. The minimum absolute atomic E-state index is 0.0531. The predicted molar refractivity (Wildman–Crippen MR) is 135 cm³/mol. The lowest BCUT2D eigenvalue weighted by atomic mass is 9.94. The molecular weight excluding hydrogens is 484 g/mol. The third-order valence-corrected chi connectivity index (χ3v) is 9.03. The molecule has 2 saturated heterocycles. The van der Waals surface area contributed by atoms with Crippen molar-refractivity contribution in [2.24, 2.45) is 17.3 Å². The number of thiophene rings is 1. The normalized spacial score (nSPS) is 25.4. The monoisotopic (exact) mass is 510 g/mol. The van der Waals surface area contributed by atoms with Crippen molar-refractivity contribution in [1.82, 2.24) is 20.2 Å². The van der Waals surface area contributed by atoms with Crippen molar-refractivity contribution >= 4 is 45.0 Å². The number of fused-ring (bicyclic) bond motifs is 2. The Kier molecular flexibility index (Phi) is 5.49. The lowest BCUT2D eigenvalue weighted by Crippen LogP contribution is -2.39. The van der Waals surface area contributed by atoms with Gasteiger partial charge in [0.2, 0.25) is 11.8 Å². The molecule has 3 unspecified atom stereocenters. The number of amides is 2. The Bertz CT molecular complexity index is 1340. The molecule has 7 nitrogen and oxygen atoms in total. The van der Waals surface area contributed by atoms with E-state index in [2.05, 4.69) is 22.2 Å². The van der Waals surface area contributed by atoms with Gasteiger partial charge in [-0.2, -0.15) is 0 Å². The molecule has 0 radical (unpaired) electrons. The number of morpholine rings is 1. The molecule has 2 aliphatic heterocycles. The van der Waals surface area contributed by atoms with E-state index in [0.29, 0.717) is 11.6 Å². The minimum atomic E-state index is -0.206. The quantitative estimate of drug-likeness (QED) is 0.522. The van der Waals surface area contributed by atoms with Crippen molar-refractivity contribution in [2.75, 3.05) is 19.7 Å². The Balaban J connectivity index is 1.35. The van der Waals surface area contributed by atoms with Gasteiger partial charge in [0.25, 0.3) is 0 Å². The summed E-state index contributed by atoms with van der Waals surface area (Å²) in [4.78, 5) is 37.2. The predicted octanol–water partition coefficient (Wildman–Crippen LogP) is 3.99. The molecule has 2 aromatic heterocycles. The maximum absolute atomic E-state index is 12.8. The van der Waals surface area contributed by atoms with Crippen LogP contribution < -0.4 is 5.32 Å². The maximum Gasteiger partial charge on any atom is 0.234 e. The number of carbonyl (C=O) groups is 2. The summed E-state index contributed by atoms with van der Waals surface area (Å²) in [6.45, 7) is 8.72. The molecule has 1 aliphatic carbocycles. The minimum Gasteiger partial charge on any atom is -0.375 e. The summed E-state index contributed by atoms with van der Waals surface area (Å²) < 4.78 is 6.90. The van der Waals surface area contributed by atoms with E-state index in [-0.39, 0.29) is 41.7 Å². The zero-order chi connectivity index (χ0) is 24.5. The average Bonchev–Trinajstić information content (AvgIpc) is 3.07. The topological polar surface area (TPSA) is 84.4 Å². The SMILES string of the molecule is Cc1cc(Cl)cc(-c2ncnc3cc(CN4C(=O)C5C(C4=O)C5(C)C)sc23)c1CC1CNCCO1. The highest BCUT2D eigenvalue weighted by Crippen LogP contribution is 2.63. The van der Waals surface area contributed by atoms with Crippen molar-refractivity contribution in [3.05, 3.63) is 45.6 Å². The van der Waals surface area contributed by atoms with E-state index in [0.717, 1.165) is 57.0 Å². The number of rotatable bonds is 5. The van der Waals surface area contributed by atoms with Crippen molar-refractivity contribution in [2.45, 2.75) is 39.8 Å². The second-order valence-corrected chi connectivity index (χ2v) is 11.9. The van der Waals surface area contributed by atoms with Gasteiger partial charge in [0.05, 0.1) is 47.0 Å².